The van der Waals surface area contributed by atoms with Crippen molar-refractivity contribution in [2.75, 3.05) is 0 Å². The summed E-state index contributed by atoms with van der Waals surface area (Å²) >= 11 is 5.92. The second-order valence-corrected chi connectivity index (χ2v) is 6.09. The summed E-state index contributed by atoms with van der Waals surface area (Å²) in [5, 5.41) is 3.66. The lowest BCUT2D eigenvalue weighted by Crippen LogP contribution is -2.52. The molecule has 3 N–H and O–H groups in total. The Morgan fingerprint density at radius 3 is 2.90 bits per heavy atom. The summed E-state index contributed by atoms with van der Waals surface area (Å²) in [4.78, 5) is 12.2. The van der Waals surface area contributed by atoms with Gasteiger partial charge in [-0.25, -0.2) is 0 Å². The van der Waals surface area contributed by atoms with Crippen LogP contribution in [0.4, 0.5) is 0 Å². The van der Waals surface area contributed by atoms with Crippen LogP contribution in [-0.2, 0) is 11.3 Å². The van der Waals surface area contributed by atoms with E-state index >= 15 is 0 Å². The summed E-state index contributed by atoms with van der Waals surface area (Å²) in [5.74, 6) is -0.0230. The van der Waals surface area contributed by atoms with Crippen molar-refractivity contribution >= 4 is 29.9 Å². The van der Waals surface area contributed by atoms with E-state index in [2.05, 4.69) is 5.32 Å². The second kappa shape index (κ2) is 7.30. The van der Waals surface area contributed by atoms with Crippen LogP contribution in [0, 0.1) is 5.92 Å². The standard InChI is InChI=1S/C15H21ClN2O.ClH/c1-15(17)8-3-2-7-13(15)14(19)18-10-11-5-4-6-12(16)9-11;/h4-6,9,13H,2-3,7-8,10,17H2,1H3,(H,18,19);1H. The molecule has 3 nitrogen and oxygen atoms in total. The van der Waals surface area contributed by atoms with Crippen LogP contribution in [0.25, 0.3) is 0 Å². The Morgan fingerprint density at radius 1 is 1.50 bits per heavy atom. The van der Waals surface area contributed by atoms with Crippen molar-refractivity contribution in [2.45, 2.75) is 44.7 Å². The first kappa shape index (κ1) is 17.3. The van der Waals surface area contributed by atoms with Gasteiger partial charge in [0.05, 0.1) is 5.92 Å². The van der Waals surface area contributed by atoms with Crippen LogP contribution in [0.3, 0.4) is 0 Å². The van der Waals surface area contributed by atoms with Crippen LogP contribution < -0.4 is 11.1 Å². The summed E-state index contributed by atoms with van der Waals surface area (Å²) < 4.78 is 0. The summed E-state index contributed by atoms with van der Waals surface area (Å²) in [6.45, 7) is 2.49. The molecule has 0 spiro atoms. The van der Waals surface area contributed by atoms with Crippen molar-refractivity contribution in [1.29, 1.82) is 0 Å². The summed E-state index contributed by atoms with van der Waals surface area (Å²) in [5.41, 5.74) is 6.87. The van der Waals surface area contributed by atoms with Crippen molar-refractivity contribution in [2.24, 2.45) is 11.7 Å². The number of benzene rings is 1. The number of carbonyl (C=O) groups excluding carboxylic acids is 1. The monoisotopic (exact) mass is 316 g/mol. The molecule has 0 heterocycles. The number of nitrogens with two attached hydrogens (primary N) is 1. The number of hydrogen-bond acceptors (Lipinski definition) is 2. The fraction of sp³-hybridized carbons (Fsp3) is 0.533. The van der Waals surface area contributed by atoms with Gasteiger partial charge in [-0.3, -0.25) is 4.79 Å². The molecule has 0 radical (unpaired) electrons. The first-order valence-corrected chi connectivity index (χ1v) is 7.18. The van der Waals surface area contributed by atoms with E-state index in [4.69, 9.17) is 17.3 Å². The molecule has 1 amide bonds. The van der Waals surface area contributed by atoms with E-state index in [9.17, 15) is 4.79 Å². The number of rotatable bonds is 3. The Morgan fingerprint density at radius 2 is 2.25 bits per heavy atom. The molecule has 1 aromatic carbocycles. The maximum atomic E-state index is 12.2. The minimum Gasteiger partial charge on any atom is -0.352 e. The van der Waals surface area contributed by atoms with E-state index in [-0.39, 0.29) is 29.8 Å². The van der Waals surface area contributed by atoms with Crippen molar-refractivity contribution in [1.82, 2.24) is 5.32 Å². The largest absolute Gasteiger partial charge is 0.352 e. The first-order chi connectivity index (χ1) is 8.99. The minimum atomic E-state index is -0.378. The lowest BCUT2D eigenvalue weighted by atomic mass is 9.74. The van der Waals surface area contributed by atoms with Gasteiger partial charge in [-0.15, -0.1) is 12.4 Å². The van der Waals surface area contributed by atoms with Gasteiger partial charge in [0.1, 0.15) is 0 Å². The van der Waals surface area contributed by atoms with E-state index in [1.807, 2.05) is 31.2 Å². The van der Waals surface area contributed by atoms with Gasteiger partial charge in [0.25, 0.3) is 0 Å². The minimum absolute atomic E-state index is 0. The second-order valence-electron chi connectivity index (χ2n) is 5.65. The zero-order chi connectivity index (χ0) is 13.9. The Labute approximate surface area is 131 Å². The predicted octanol–water partition coefficient (Wildman–Crippen LogP) is 3.29. The molecule has 0 aromatic heterocycles. The lowest BCUT2D eigenvalue weighted by molar-refractivity contribution is -0.128. The van der Waals surface area contributed by atoms with Crippen molar-refractivity contribution in [3.63, 3.8) is 0 Å². The molecule has 20 heavy (non-hydrogen) atoms. The quantitative estimate of drug-likeness (QED) is 0.899. The van der Waals surface area contributed by atoms with Gasteiger partial charge >= 0.3 is 0 Å². The number of amides is 1. The molecule has 1 saturated carbocycles. The molecule has 1 aliphatic rings. The highest BCUT2D eigenvalue weighted by Crippen LogP contribution is 2.31. The van der Waals surface area contributed by atoms with Gasteiger partial charge in [0, 0.05) is 17.1 Å². The average molecular weight is 317 g/mol. The fourth-order valence-corrected chi connectivity index (χ4v) is 2.96. The van der Waals surface area contributed by atoms with E-state index < -0.39 is 0 Å². The highest BCUT2D eigenvalue weighted by molar-refractivity contribution is 6.30. The predicted molar refractivity (Wildman–Crippen MR) is 85.1 cm³/mol. The molecule has 0 saturated heterocycles. The topological polar surface area (TPSA) is 55.1 Å². The van der Waals surface area contributed by atoms with Gasteiger partial charge < -0.3 is 11.1 Å². The number of halogens is 2. The molecule has 1 fully saturated rings. The maximum absolute atomic E-state index is 12.2. The highest BCUT2D eigenvalue weighted by Gasteiger charge is 2.37. The van der Waals surface area contributed by atoms with Crippen LogP contribution in [0.15, 0.2) is 24.3 Å². The Bertz CT molecular complexity index is 463. The number of hydrogen-bond donors (Lipinski definition) is 2. The number of nitrogens with one attached hydrogen (secondary N) is 1. The van der Waals surface area contributed by atoms with Gasteiger partial charge in [-0.2, -0.15) is 0 Å². The van der Waals surface area contributed by atoms with Crippen LogP contribution in [0.5, 0.6) is 0 Å². The molecule has 2 atom stereocenters. The molecule has 1 aliphatic carbocycles. The smallest absolute Gasteiger partial charge is 0.225 e. The highest BCUT2D eigenvalue weighted by atomic mass is 35.5. The van der Waals surface area contributed by atoms with E-state index in [0.717, 1.165) is 31.2 Å². The van der Waals surface area contributed by atoms with Crippen LogP contribution in [-0.4, -0.2) is 11.4 Å². The van der Waals surface area contributed by atoms with E-state index in [0.29, 0.717) is 11.6 Å². The molecular formula is C15H22Cl2N2O. The van der Waals surface area contributed by atoms with Gasteiger partial charge in [-0.05, 0) is 37.5 Å². The molecule has 2 unspecified atom stereocenters. The van der Waals surface area contributed by atoms with Crippen molar-refractivity contribution in [3.05, 3.63) is 34.9 Å². The molecular weight excluding hydrogens is 295 g/mol. The molecule has 5 heteroatoms. The summed E-state index contributed by atoms with van der Waals surface area (Å²) in [6.07, 6.45) is 4.00. The maximum Gasteiger partial charge on any atom is 0.225 e. The Kier molecular flexibility index (Phi) is 6.31. The van der Waals surface area contributed by atoms with Crippen LogP contribution in [0.1, 0.15) is 38.2 Å². The SMILES string of the molecule is CC1(N)CCCCC1C(=O)NCc1cccc(Cl)c1.Cl. The lowest BCUT2D eigenvalue weighted by Gasteiger charge is -2.37. The molecule has 2 rings (SSSR count). The molecule has 0 aliphatic heterocycles. The van der Waals surface area contributed by atoms with E-state index in [1.165, 1.54) is 0 Å². The van der Waals surface area contributed by atoms with Crippen LogP contribution in [0.2, 0.25) is 5.02 Å². The average Bonchev–Trinajstić information content (AvgIpc) is 2.35. The van der Waals surface area contributed by atoms with Gasteiger partial charge in [0.2, 0.25) is 5.91 Å². The molecule has 1 aromatic rings. The zero-order valence-corrected chi connectivity index (χ0v) is 13.3. The number of carbonyl (C=O) groups is 1. The van der Waals surface area contributed by atoms with Gasteiger partial charge in [-0.1, -0.05) is 36.6 Å². The fourth-order valence-electron chi connectivity index (χ4n) is 2.75. The van der Waals surface area contributed by atoms with Gasteiger partial charge in [0.15, 0.2) is 0 Å². The summed E-state index contributed by atoms with van der Waals surface area (Å²) in [6, 6.07) is 7.53. The first-order valence-electron chi connectivity index (χ1n) is 6.80. The van der Waals surface area contributed by atoms with Crippen molar-refractivity contribution < 1.29 is 4.79 Å². The third-order valence-electron chi connectivity index (χ3n) is 3.93. The molecule has 0 bridgehead atoms. The Balaban J connectivity index is 0.00000200. The third-order valence-corrected chi connectivity index (χ3v) is 4.16. The molecule has 112 valence electrons. The van der Waals surface area contributed by atoms with Crippen LogP contribution >= 0.6 is 24.0 Å². The Hall–Kier alpha value is -0.770. The van der Waals surface area contributed by atoms with E-state index in [1.54, 1.807) is 0 Å². The van der Waals surface area contributed by atoms with Crippen molar-refractivity contribution in [3.8, 4) is 0 Å². The summed E-state index contributed by atoms with van der Waals surface area (Å²) in [7, 11) is 0. The third kappa shape index (κ3) is 4.37. The zero-order valence-electron chi connectivity index (χ0n) is 11.7. The normalized spacial score (nSPS) is 25.6.